The van der Waals surface area contributed by atoms with Gasteiger partial charge >= 0.3 is 0 Å². The minimum absolute atomic E-state index is 0.0166. The van der Waals surface area contributed by atoms with Crippen molar-refractivity contribution in [2.45, 2.75) is 70.1 Å². The van der Waals surface area contributed by atoms with E-state index in [4.69, 9.17) is 5.73 Å². The van der Waals surface area contributed by atoms with Crippen LogP contribution in [0.1, 0.15) is 51.9 Å². The molecule has 0 saturated heterocycles. The van der Waals surface area contributed by atoms with Crippen LogP contribution in [-0.2, 0) is 4.79 Å². The van der Waals surface area contributed by atoms with Crippen molar-refractivity contribution in [3.05, 3.63) is 0 Å². The molecule has 2 aliphatic carbocycles. The largest absolute Gasteiger partial charge is 0.393 e. The zero-order valence-electron chi connectivity index (χ0n) is 11.3. The Bertz CT molecular complexity index is 278. The number of aliphatic hydroxyl groups excluding tert-OH is 1. The number of hydrogen-bond donors (Lipinski definition) is 3. The smallest absolute Gasteiger partial charge is 0.225 e. The van der Waals surface area contributed by atoms with E-state index in [1.54, 1.807) is 0 Å². The molecule has 18 heavy (non-hydrogen) atoms. The number of carbonyl (C=O) groups is 1. The Labute approximate surface area is 109 Å². The molecule has 2 rings (SSSR count). The van der Waals surface area contributed by atoms with Crippen molar-refractivity contribution in [2.75, 3.05) is 0 Å². The third kappa shape index (κ3) is 3.23. The number of nitrogens with one attached hydrogen (secondary N) is 1. The highest BCUT2D eigenvalue weighted by molar-refractivity contribution is 5.80. The fraction of sp³-hybridized carbons (Fsp3) is 0.929. The molecule has 1 amide bonds. The lowest BCUT2D eigenvalue weighted by atomic mass is 9.76. The molecule has 0 spiro atoms. The van der Waals surface area contributed by atoms with Gasteiger partial charge in [-0.25, -0.2) is 0 Å². The summed E-state index contributed by atoms with van der Waals surface area (Å²) in [6.07, 6.45) is 6.43. The first-order chi connectivity index (χ1) is 8.58. The summed E-state index contributed by atoms with van der Waals surface area (Å²) in [7, 11) is 0. The Hall–Kier alpha value is -0.610. The van der Waals surface area contributed by atoms with Crippen molar-refractivity contribution in [1.82, 2.24) is 5.32 Å². The molecule has 2 fully saturated rings. The lowest BCUT2D eigenvalue weighted by Crippen LogP contribution is -2.50. The molecule has 4 nitrogen and oxygen atoms in total. The van der Waals surface area contributed by atoms with Crippen LogP contribution >= 0.6 is 0 Å². The van der Waals surface area contributed by atoms with Crippen LogP contribution in [0, 0.1) is 11.8 Å². The molecule has 0 aromatic rings. The van der Waals surface area contributed by atoms with Gasteiger partial charge in [0.15, 0.2) is 0 Å². The van der Waals surface area contributed by atoms with Crippen LogP contribution in [0.4, 0.5) is 0 Å². The summed E-state index contributed by atoms with van der Waals surface area (Å²) in [5.41, 5.74) is 6.10. The van der Waals surface area contributed by atoms with Gasteiger partial charge in [-0.1, -0.05) is 13.3 Å². The van der Waals surface area contributed by atoms with Crippen molar-refractivity contribution in [2.24, 2.45) is 17.6 Å². The van der Waals surface area contributed by atoms with E-state index < -0.39 is 0 Å². The summed E-state index contributed by atoms with van der Waals surface area (Å²) >= 11 is 0. The van der Waals surface area contributed by atoms with E-state index in [9.17, 15) is 9.90 Å². The molecule has 104 valence electrons. The SMILES string of the molecule is CC1CCCC(N)C1C(=O)NC1CCC(O)CC1. The van der Waals surface area contributed by atoms with Gasteiger partial charge in [-0.3, -0.25) is 4.79 Å². The van der Waals surface area contributed by atoms with Crippen LogP contribution in [0.2, 0.25) is 0 Å². The maximum atomic E-state index is 12.3. The van der Waals surface area contributed by atoms with Crippen LogP contribution in [0.15, 0.2) is 0 Å². The van der Waals surface area contributed by atoms with E-state index >= 15 is 0 Å². The summed E-state index contributed by atoms with van der Waals surface area (Å²) in [4.78, 5) is 12.3. The zero-order valence-corrected chi connectivity index (χ0v) is 11.3. The normalized spacial score (nSPS) is 41.4. The molecule has 0 aliphatic heterocycles. The van der Waals surface area contributed by atoms with Crippen LogP contribution in [0.5, 0.6) is 0 Å². The lowest BCUT2D eigenvalue weighted by Gasteiger charge is -2.35. The Morgan fingerprint density at radius 3 is 2.44 bits per heavy atom. The van der Waals surface area contributed by atoms with Gasteiger partial charge in [0.1, 0.15) is 0 Å². The lowest BCUT2D eigenvalue weighted by molar-refractivity contribution is -0.129. The van der Waals surface area contributed by atoms with Crippen molar-refractivity contribution < 1.29 is 9.90 Å². The van der Waals surface area contributed by atoms with E-state index in [-0.39, 0.29) is 30.0 Å². The maximum Gasteiger partial charge on any atom is 0.225 e. The first-order valence-electron chi connectivity index (χ1n) is 7.32. The molecule has 0 radical (unpaired) electrons. The average molecular weight is 254 g/mol. The second kappa shape index (κ2) is 6.02. The Morgan fingerprint density at radius 2 is 1.83 bits per heavy atom. The van der Waals surface area contributed by atoms with Crippen molar-refractivity contribution in [1.29, 1.82) is 0 Å². The zero-order chi connectivity index (χ0) is 13.1. The molecule has 4 N–H and O–H groups in total. The maximum absolute atomic E-state index is 12.3. The molecular formula is C14H26N2O2. The van der Waals surface area contributed by atoms with E-state index in [0.717, 1.165) is 44.9 Å². The quantitative estimate of drug-likeness (QED) is 0.692. The highest BCUT2D eigenvalue weighted by Crippen LogP contribution is 2.29. The molecule has 0 heterocycles. The van der Waals surface area contributed by atoms with Gasteiger partial charge in [0.05, 0.1) is 12.0 Å². The molecule has 0 aromatic heterocycles. The van der Waals surface area contributed by atoms with Gasteiger partial charge in [0.2, 0.25) is 5.91 Å². The fourth-order valence-corrected chi connectivity index (χ4v) is 3.43. The monoisotopic (exact) mass is 254 g/mol. The first kappa shape index (κ1) is 13.8. The van der Waals surface area contributed by atoms with E-state index in [1.165, 1.54) is 0 Å². The minimum atomic E-state index is -0.172. The second-order valence-corrected chi connectivity index (χ2v) is 6.11. The summed E-state index contributed by atoms with van der Waals surface area (Å²) < 4.78 is 0. The Kier molecular flexibility index (Phi) is 4.62. The van der Waals surface area contributed by atoms with Gasteiger partial charge in [0.25, 0.3) is 0 Å². The highest BCUT2D eigenvalue weighted by Gasteiger charge is 2.35. The van der Waals surface area contributed by atoms with E-state index in [0.29, 0.717) is 5.92 Å². The number of carbonyl (C=O) groups excluding carboxylic acids is 1. The first-order valence-corrected chi connectivity index (χ1v) is 7.32. The van der Waals surface area contributed by atoms with Crippen molar-refractivity contribution in [3.63, 3.8) is 0 Å². The molecule has 0 aromatic carbocycles. The predicted octanol–water partition coefficient (Wildman–Crippen LogP) is 1.17. The van der Waals surface area contributed by atoms with Gasteiger partial charge in [0, 0.05) is 12.1 Å². The molecule has 2 aliphatic rings. The van der Waals surface area contributed by atoms with Crippen molar-refractivity contribution >= 4 is 5.91 Å². The van der Waals surface area contributed by atoms with Gasteiger partial charge in [-0.05, 0) is 44.4 Å². The molecule has 4 heteroatoms. The summed E-state index contributed by atoms with van der Waals surface area (Å²) in [5.74, 6) is 0.504. The number of hydrogen-bond acceptors (Lipinski definition) is 3. The Morgan fingerprint density at radius 1 is 1.17 bits per heavy atom. The van der Waals surface area contributed by atoms with Crippen LogP contribution in [0.3, 0.4) is 0 Å². The van der Waals surface area contributed by atoms with Crippen LogP contribution < -0.4 is 11.1 Å². The highest BCUT2D eigenvalue weighted by atomic mass is 16.3. The van der Waals surface area contributed by atoms with Crippen molar-refractivity contribution in [3.8, 4) is 0 Å². The summed E-state index contributed by atoms with van der Waals surface area (Å²) in [6.45, 7) is 2.13. The summed E-state index contributed by atoms with van der Waals surface area (Å²) in [6, 6.07) is 0.255. The molecular weight excluding hydrogens is 228 g/mol. The standard InChI is InChI=1S/C14H26N2O2/c1-9-3-2-4-12(15)13(9)14(18)16-10-5-7-11(17)8-6-10/h9-13,17H,2-8,15H2,1H3,(H,16,18). The Balaban J connectivity index is 1.86. The second-order valence-electron chi connectivity index (χ2n) is 6.11. The number of rotatable bonds is 2. The average Bonchev–Trinajstić information content (AvgIpc) is 2.32. The molecule has 3 unspecified atom stereocenters. The predicted molar refractivity (Wildman–Crippen MR) is 70.9 cm³/mol. The third-order valence-electron chi connectivity index (χ3n) is 4.62. The number of nitrogens with two attached hydrogens (primary N) is 1. The van der Waals surface area contributed by atoms with Gasteiger partial charge in [-0.15, -0.1) is 0 Å². The van der Waals surface area contributed by atoms with Gasteiger partial charge in [-0.2, -0.15) is 0 Å². The van der Waals surface area contributed by atoms with Crippen LogP contribution in [-0.4, -0.2) is 29.2 Å². The molecule has 2 saturated carbocycles. The van der Waals surface area contributed by atoms with Crippen LogP contribution in [0.25, 0.3) is 0 Å². The third-order valence-corrected chi connectivity index (χ3v) is 4.62. The topological polar surface area (TPSA) is 75.4 Å². The van der Waals surface area contributed by atoms with E-state index in [2.05, 4.69) is 12.2 Å². The number of amides is 1. The minimum Gasteiger partial charge on any atom is -0.393 e. The van der Waals surface area contributed by atoms with E-state index in [1.807, 2.05) is 0 Å². The van der Waals surface area contributed by atoms with Gasteiger partial charge < -0.3 is 16.2 Å². The number of aliphatic hydroxyl groups is 1. The fourth-order valence-electron chi connectivity index (χ4n) is 3.43. The molecule has 0 bridgehead atoms. The summed E-state index contributed by atoms with van der Waals surface area (Å²) in [5, 5.41) is 12.6. The molecule has 3 atom stereocenters.